The highest BCUT2D eigenvalue weighted by Gasteiger charge is 2.21. The Morgan fingerprint density at radius 3 is 2.67 bits per heavy atom. The van der Waals surface area contributed by atoms with Gasteiger partial charge in [-0.1, -0.05) is 36.4 Å². The van der Waals surface area contributed by atoms with Gasteiger partial charge in [-0.05, 0) is 41.5 Å². The number of para-hydroxylation sites is 1. The number of methoxy groups -OCH3 is 1. The van der Waals surface area contributed by atoms with E-state index >= 15 is 0 Å². The molecular weight excluding hydrogens is 358 g/mol. The van der Waals surface area contributed by atoms with Gasteiger partial charge in [-0.15, -0.1) is 11.8 Å². The number of hydrogen-bond donors (Lipinski definition) is 1. The van der Waals surface area contributed by atoms with E-state index in [1.807, 2.05) is 36.0 Å². The van der Waals surface area contributed by atoms with Crippen molar-refractivity contribution in [1.82, 2.24) is 0 Å². The maximum Gasteiger partial charge on any atom is 0.336 e. The minimum absolute atomic E-state index is 0.277. The number of fused-ring (bicyclic) bond motifs is 1. The van der Waals surface area contributed by atoms with Crippen molar-refractivity contribution in [2.75, 3.05) is 17.9 Å². The average molecular weight is 377 g/mol. The van der Waals surface area contributed by atoms with Crippen molar-refractivity contribution in [1.29, 1.82) is 0 Å². The summed E-state index contributed by atoms with van der Waals surface area (Å²) in [6.45, 7) is 0.719. The molecule has 136 valence electrons. The molecule has 0 spiro atoms. The van der Waals surface area contributed by atoms with Crippen LogP contribution >= 0.6 is 11.8 Å². The number of thioether (sulfide) groups is 1. The van der Waals surface area contributed by atoms with Crippen molar-refractivity contribution in [2.45, 2.75) is 11.4 Å². The van der Waals surface area contributed by atoms with Crippen molar-refractivity contribution < 1.29 is 14.6 Å². The smallest absolute Gasteiger partial charge is 0.336 e. The molecule has 0 unspecified atom stereocenters. The quantitative estimate of drug-likeness (QED) is 0.668. The van der Waals surface area contributed by atoms with Crippen LogP contribution in [0.4, 0.5) is 5.69 Å². The summed E-state index contributed by atoms with van der Waals surface area (Å²) < 4.78 is 5.32. The molecule has 3 aromatic carbocycles. The zero-order valence-corrected chi connectivity index (χ0v) is 15.7. The van der Waals surface area contributed by atoms with Crippen LogP contribution in [-0.2, 0) is 6.54 Å². The number of carboxylic acids is 1. The number of carboxylic acid groups (broad SMARTS) is 1. The predicted molar refractivity (Wildman–Crippen MR) is 109 cm³/mol. The summed E-state index contributed by atoms with van der Waals surface area (Å²) >= 11 is 1.82. The summed E-state index contributed by atoms with van der Waals surface area (Å²) in [4.78, 5) is 15.4. The molecule has 0 amide bonds. The number of nitrogens with zero attached hydrogens (tertiary/aromatic N) is 1. The molecule has 0 aromatic heterocycles. The maximum atomic E-state index is 11.8. The van der Waals surface area contributed by atoms with Gasteiger partial charge in [0.15, 0.2) is 0 Å². The molecule has 1 aliphatic heterocycles. The third-order valence-corrected chi connectivity index (χ3v) is 5.80. The predicted octanol–water partition coefficient (Wildman–Crippen LogP) is 5.13. The lowest BCUT2D eigenvalue weighted by Gasteiger charge is -2.21. The number of carbonyl (C=O) groups is 1. The Bertz CT molecular complexity index is 1000. The van der Waals surface area contributed by atoms with Crippen LogP contribution in [0.25, 0.3) is 11.1 Å². The van der Waals surface area contributed by atoms with E-state index in [4.69, 9.17) is 4.74 Å². The summed E-state index contributed by atoms with van der Waals surface area (Å²) in [6, 6.07) is 21.4. The second-order valence-electron chi connectivity index (χ2n) is 6.31. The number of anilines is 1. The van der Waals surface area contributed by atoms with Gasteiger partial charge < -0.3 is 14.7 Å². The standard InChI is InChI=1S/C22H19NO3S/c1-26-16-10-11-18(22(24)25)19(12-16)17-7-3-2-6-15(17)13-23-14-27-21-9-5-4-8-20(21)23/h2-12H,13-14H2,1H3,(H,24,25). The molecule has 0 saturated heterocycles. The van der Waals surface area contributed by atoms with E-state index < -0.39 is 5.97 Å². The minimum atomic E-state index is -0.940. The third kappa shape index (κ3) is 3.38. The average Bonchev–Trinajstić information content (AvgIpc) is 3.11. The first-order chi connectivity index (χ1) is 13.2. The van der Waals surface area contributed by atoms with E-state index in [0.29, 0.717) is 11.3 Å². The van der Waals surface area contributed by atoms with Gasteiger partial charge in [0.2, 0.25) is 0 Å². The van der Waals surface area contributed by atoms with Crippen LogP contribution < -0.4 is 9.64 Å². The molecule has 27 heavy (non-hydrogen) atoms. The first-order valence-electron chi connectivity index (χ1n) is 8.64. The van der Waals surface area contributed by atoms with E-state index in [-0.39, 0.29) is 5.56 Å². The van der Waals surface area contributed by atoms with E-state index in [1.54, 1.807) is 25.3 Å². The lowest BCUT2D eigenvalue weighted by atomic mass is 9.94. The molecule has 1 N–H and O–H groups in total. The highest BCUT2D eigenvalue weighted by Crippen LogP contribution is 2.40. The first-order valence-corrected chi connectivity index (χ1v) is 9.62. The lowest BCUT2D eigenvalue weighted by molar-refractivity contribution is 0.0697. The highest BCUT2D eigenvalue weighted by atomic mass is 32.2. The Labute approximate surface area is 162 Å². The summed E-state index contributed by atoms with van der Waals surface area (Å²) in [5.41, 5.74) is 4.19. The van der Waals surface area contributed by atoms with Crippen molar-refractivity contribution in [3.63, 3.8) is 0 Å². The number of rotatable bonds is 5. The monoisotopic (exact) mass is 377 g/mol. The van der Waals surface area contributed by atoms with Gasteiger partial charge >= 0.3 is 5.97 Å². The summed E-state index contributed by atoms with van der Waals surface area (Å²) in [6.07, 6.45) is 0. The van der Waals surface area contributed by atoms with Crippen molar-refractivity contribution in [3.8, 4) is 16.9 Å². The van der Waals surface area contributed by atoms with Crippen molar-refractivity contribution in [2.24, 2.45) is 0 Å². The molecule has 0 radical (unpaired) electrons. The van der Waals surface area contributed by atoms with E-state index in [0.717, 1.165) is 23.5 Å². The molecule has 1 heterocycles. The maximum absolute atomic E-state index is 11.8. The SMILES string of the molecule is COc1ccc(C(=O)O)c(-c2ccccc2CN2CSc3ccccc32)c1. The molecule has 3 aromatic rings. The van der Waals surface area contributed by atoms with Gasteiger partial charge in [-0.3, -0.25) is 0 Å². The van der Waals surface area contributed by atoms with Crippen molar-refractivity contribution >= 4 is 23.4 Å². The van der Waals surface area contributed by atoms with Gasteiger partial charge in [0, 0.05) is 17.0 Å². The van der Waals surface area contributed by atoms with Crippen LogP contribution in [0.2, 0.25) is 0 Å². The fourth-order valence-electron chi connectivity index (χ4n) is 3.37. The largest absolute Gasteiger partial charge is 0.497 e. The minimum Gasteiger partial charge on any atom is -0.497 e. The van der Waals surface area contributed by atoms with Gasteiger partial charge in [0.05, 0.1) is 24.2 Å². The number of hydrogen-bond acceptors (Lipinski definition) is 4. The third-order valence-electron chi connectivity index (χ3n) is 4.71. The zero-order chi connectivity index (χ0) is 18.8. The molecule has 0 aliphatic carbocycles. The molecule has 4 rings (SSSR count). The van der Waals surface area contributed by atoms with E-state index in [9.17, 15) is 9.90 Å². The van der Waals surface area contributed by atoms with Crippen molar-refractivity contribution in [3.05, 3.63) is 77.9 Å². The number of ether oxygens (including phenoxy) is 1. The highest BCUT2D eigenvalue weighted by molar-refractivity contribution is 7.99. The Morgan fingerprint density at radius 2 is 1.85 bits per heavy atom. The zero-order valence-electron chi connectivity index (χ0n) is 14.9. The summed E-state index contributed by atoms with van der Waals surface area (Å²) in [5.74, 6) is 0.591. The molecule has 0 atom stereocenters. The molecule has 0 bridgehead atoms. The Balaban J connectivity index is 1.76. The van der Waals surface area contributed by atoms with Crippen LogP contribution in [0.3, 0.4) is 0 Å². The molecule has 5 heteroatoms. The second-order valence-corrected chi connectivity index (χ2v) is 7.30. The topological polar surface area (TPSA) is 49.8 Å². The molecular formula is C22H19NO3S. The van der Waals surface area contributed by atoms with Crippen LogP contribution in [0.15, 0.2) is 71.6 Å². The van der Waals surface area contributed by atoms with Crippen LogP contribution in [0.1, 0.15) is 15.9 Å². The van der Waals surface area contributed by atoms with Gasteiger partial charge in [-0.2, -0.15) is 0 Å². The summed E-state index contributed by atoms with van der Waals surface area (Å²) in [5, 5.41) is 9.64. The molecule has 0 saturated carbocycles. The Kier molecular flexibility index (Phi) is 4.77. The normalized spacial score (nSPS) is 12.7. The first kappa shape index (κ1) is 17.5. The van der Waals surface area contributed by atoms with Crippen LogP contribution in [0.5, 0.6) is 5.75 Å². The summed E-state index contributed by atoms with van der Waals surface area (Å²) in [7, 11) is 1.59. The van der Waals surface area contributed by atoms with E-state index in [1.165, 1.54) is 10.6 Å². The van der Waals surface area contributed by atoms with Gasteiger partial charge in [0.25, 0.3) is 0 Å². The van der Waals surface area contributed by atoms with Gasteiger partial charge in [-0.25, -0.2) is 4.79 Å². The second kappa shape index (κ2) is 7.37. The number of benzene rings is 3. The fourth-order valence-corrected chi connectivity index (χ4v) is 4.42. The van der Waals surface area contributed by atoms with Crippen LogP contribution in [0, 0.1) is 0 Å². The number of aromatic carboxylic acids is 1. The van der Waals surface area contributed by atoms with Crippen LogP contribution in [-0.4, -0.2) is 24.1 Å². The molecule has 4 nitrogen and oxygen atoms in total. The van der Waals surface area contributed by atoms with Gasteiger partial charge in [0.1, 0.15) is 5.75 Å². The molecule has 0 fully saturated rings. The Morgan fingerprint density at radius 1 is 1.07 bits per heavy atom. The fraction of sp³-hybridized carbons (Fsp3) is 0.136. The molecule has 1 aliphatic rings. The lowest BCUT2D eigenvalue weighted by Crippen LogP contribution is -2.18. The van der Waals surface area contributed by atoms with E-state index in [2.05, 4.69) is 29.2 Å². The Hall–Kier alpha value is -2.92.